The quantitative estimate of drug-likeness (QED) is 0.227. The predicted octanol–water partition coefficient (Wildman–Crippen LogP) is 6.74. The third-order valence-corrected chi connectivity index (χ3v) is 10.7. The van der Waals surface area contributed by atoms with E-state index in [0.717, 1.165) is 38.5 Å². The van der Waals surface area contributed by atoms with E-state index in [2.05, 4.69) is 29.8 Å². The average molecular weight is 624 g/mol. The topological polar surface area (TPSA) is 86.7 Å². The Hall–Kier alpha value is -2.80. The van der Waals surface area contributed by atoms with E-state index in [1.165, 1.54) is 22.3 Å². The number of ether oxygens (including phenoxy) is 2. The van der Waals surface area contributed by atoms with Crippen molar-refractivity contribution < 1.29 is 28.7 Å². The Kier molecular flexibility index (Phi) is 7.59. The zero-order valence-corrected chi connectivity index (χ0v) is 26.2. The molecule has 0 unspecified atom stereocenters. The van der Waals surface area contributed by atoms with Gasteiger partial charge in [-0.15, -0.1) is 0 Å². The molecule has 0 atom stereocenters. The summed E-state index contributed by atoms with van der Waals surface area (Å²) in [6.07, 6.45) is 5.63. The van der Waals surface area contributed by atoms with Crippen LogP contribution in [0.2, 0.25) is 0 Å². The molecule has 6 fully saturated rings. The average Bonchev–Trinajstić information content (AvgIpc) is 2.83. The van der Waals surface area contributed by atoms with Gasteiger partial charge < -0.3 is 9.47 Å². The standard InChI is InChI=1S/C17H19BrO3.C17H20O3/c1-3-21-15(20)12-5-4-11(2)13(6-12)16-8-17(9-16,10-16)14(19)7-18;1-4-20-15(19)13-6-5-11(2)14(7-13)17-8-16(9-17,10-17)12(3)18/h4-6H,3,7-10H2,1-2H3;5-7H,4,8-10H2,1-3H3. The summed E-state index contributed by atoms with van der Waals surface area (Å²) in [6, 6.07) is 11.6. The van der Waals surface area contributed by atoms with E-state index in [4.69, 9.17) is 9.47 Å². The second-order valence-corrected chi connectivity index (χ2v) is 13.4. The normalized spacial score (nSPS) is 29.7. The fourth-order valence-corrected chi connectivity index (χ4v) is 8.62. The second-order valence-electron chi connectivity index (χ2n) is 12.8. The first kappa shape index (κ1) is 29.7. The lowest BCUT2D eigenvalue weighted by molar-refractivity contribution is -0.171. The van der Waals surface area contributed by atoms with Gasteiger partial charge in [0.2, 0.25) is 0 Å². The van der Waals surface area contributed by atoms with Crippen LogP contribution in [0.4, 0.5) is 0 Å². The molecule has 6 aliphatic rings. The zero-order valence-electron chi connectivity index (χ0n) is 24.7. The maximum Gasteiger partial charge on any atom is 0.338 e. The van der Waals surface area contributed by atoms with E-state index in [9.17, 15) is 19.2 Å². The first-order valence-electron chi connectivity index (χ1n) is 14.6. The molecule has 41 heavy (non-hydrogen) atoms. The Morgan fingerprint density at radius 2 is 1.10 bits per heavy atom. The summed E-state index contributed by atoms with van der Waals surface area (Å²) in [5.74, 6) is 0.111. The molecule has 0 aromatic heterocycles. The van der Waals surface area contributed by atoms with Gasteiger partial charge in [0, 0.05) is 10.8 Å². The summed E-state index contributed by atoms with van der Waals surface area (Å²) in [5, 5.41) is 0.449. The number of aryl methyl sites for hydroxylation is 2. The lowest BCUT2D eigenvalue weighted by atomic mass is 9.32. The third kappa shape index (κ3) is 4.68. The number of carbonyl (C=O) groups excluding carboxylic acids is 4. The van der Waals surface area contributed by atoms with Crippen molar-refractivity contribution in [3.8, 4) is 0 Å². The van der Waals surface area contributed by atoms with Gasteiger partial charge in [0.05, 0.1) is 29.7 Å². The molecular formula is C34H39BrO6. The van der Waals surface area contributed by atoms with E-state index in [-0.39, 0.29) is 33.6 Å². The van der Waals surface area contributed by atoms with E-state index in [1.54, 1.807) is 6.92 Å². The van der Waals surface area contributed by atoms with Gasteiger partial charge in [-0.2, -0.15) is 0 Å². The maximum atomic E-state index is 12.0. The van der Waals surface area contributed by atoms with Crippen molar-refractivity contribution in [1.29, 1.82) is 0 Å². The highest BCUT2D eigenvalue weighted by Gasteiger charge is 2.72. The highest BCUT2D eigenvalue weighted by Crippen LogP contribution is 2.75. The lowest BCUT2D eigenvalue weighted by Crippen LogP contribution is -2.68. The molecule has 0 radical (unpaired) electrons. The Bertz CT molecular complexity index is 1400. The molecule has 4 bridgehead atoms. The first-order valence-corrected chi connectivity index (χ1v) is 15.7. The number of ketones is 2. The summed E-state index contributed by atoms with van der Waals surface area (Å²) in [6.45, 7) is 10.2. The van der Waals surface area contributed by atoms with E-state index >= 15 is 0 Å². The van der Waals surface area contributed by atoms with Crippen LogP contribution in [0.3, 0.4) is 0 Å². The zero-order chi connectivity index (χ0) is 29.8. The molecule has 6 saturated carbocycles. The van der Waals surface area contributed by atoms with Gasteiger partial charge in [-0.1, -0.05) is 28.1 Å². The van der Waals surface area contributed by atoms with Crippen LogP contribution < -0.4 is 0 Å². The van der Waals surface area contributed by atoms with E-state index < -0.39 is 0 Å². The van der Waals surface area contributed by atoms with Crippen molar-refractivity contribution in [3.63, 3.8) is 0 Å². The third-order valence-electron chi connectivity index (χ3n) is 10.2. The van der Waals surface area contributed by atoms with Crippen molar-refractivity contribution in [2.24, 2.45) is 10.8 Å². The lowest BCUT2D eigenvalue weighted by Gasteiger charge is -2.70. The van der Waals surface area contributed by atoms with Gasteiger partial charge >= 0.3 is 11.9 Å². The second kappa shape index (κ2) is 10.5. The van der Waals surface area contributed by atoms with E-state index in [0.29, 0.717) is 41.2 Å². The molecule has 2 aromatic carbocycles. The van der Waals surface area contributed by atoms with Crippen molar-refractivity contribution in [2.45, 2.75) is 84.0 Å². The maximum absolute atomic E-state index is 12.0. The molecule has 2 aromatic rings. The number of esters is 2. The number of alkyl halides is 1. The van der Waals surface area contributed by atoms with Gasteiger partial charge in [0.1, 0.15) is 11.6 Å². The fraction of sp³-hybridized carbons (Fsp3) is 0.529. The van der Waals surface area contributed by atoms with Gasteiger partial charge in [0.25, 0.3) is 0 Å². The smallest absolute Gasteiger partial charge is 0.338 e. The number of rotatable bonds is 9. The number of hydrogen-bond acceptors (Lipinski definition) is 6. The molecule has 0 saturated heterocycles. The van der Waals surface area contributed by atoms with Crippen LogP contribution in [0, 0.1) is 24.7 Å². The van der Waals surface area contributed by atoms with Gasteiger partial charge in [-0.3, -0.25) is 9.59 Å². The SMILES string of the molecule is CCOC(=O)c1ccc(C)c(C23CC(C(=O)CBr)(C2)C3)c1.CCOC(=O)c1ccc(C)c(C23CC(C(C)=O)(C2)C3)c1. The molecule has 7 heteroatoms. The van der Waals surface area contributed by atoms with E-state index in [1.807, 2.05) is 50.2 Å². The Balaban J connectivity index is 0.000000165. The molecule has 0 heterocycles. The van der Waals surface area contributed by atoms with Crippen LogP contribution >= 0.6 is 15.9 Å². The van der Waals surface area contributed by atoms with Crippen LogP contribution in [-0.4, -0.2) is 42.0 Å². The molecule has 0 aliphatic heterocycles. The predicted molar refractivity (Wildman–Crippen MR) is 160 cm³/mol. The molecule has 0 N–H and O–H groups in total. The summed E-state index contributed by atoms with van der Waals surface area (Å²) in [7, 11) is 0. The number of benzene rings is 2. The van der Waals surface area contributed by atoms with Crippen molar-refractivity contribution in [2.75, 3.05) is 18.5 Å². The number of carbonyl (C=O) groups is 4. The van der Waals surface area contributed by atoms with Gasteiger partial charge in [-0.05, 0) is 130 Å². The minimum atomic E-state index is -0.267. The number of halogens is 1. The highest BCUT2D eigenvalue weighted by atomic mass is 79.9. The Labute approximate surface area is 250 Å². The van der Waals surface area contributed by atoms with Crippen LogP contribution in [0.25, 0.3) is 0 Å². The largest absolute Gasteiger partial charge is 0.462 e. The number of Topliss-reactive ketones (excluding diaryl/α,β-unsaturated/α-hetero) is 2. The molecule has 6 aliphatic carbocycles. The fourth-order valence-electron chi connectivity index (χ4n) is 8.03. The van der Waals surface area contributed by atoms with Crippen molar-refractivity contribution in [1.82, 2.24) is 0 Å². The molecule has 0 amide bonds. The van der Waals surface area contributed by atoms with Crippen LogP contribution in [0.1, 0.15) is 102 Å². The minimum absolute atomic E-state index is 0.0492. The molecule has 6 nitrogen and oxygen atoms in total. The number of hydrogen-bond donors (Lipinski definition) is 0. The van der Waals surface area contributed by atoms with Crippen LogP contribution in [0.15, 0.2) is 36.4 Å². The molecule has 218 valence electrons. The molecule has 0 spiro atoms. The highest BCUT2D eigenvalue weighted by molar-refractivity contribution is 9.09. The summed E-state index contributed by atoms with van der Waals surface area (Å²) >= 11 is 3.28. The van der Waals surface area contributed by atoms with Crippen LogP contribution in [0.5, 0.6) is 0 Å². The monoisotopic (exact) mass is 622 g/mol. The molecule has 8 rings (SSSR count). The summed E-state index contributed by atoms with van der Waals surface area (Å²) in [5.41, 5.74) is 6.20. The van der Waals surface area contributed by atoms with Gasteiger partial charge in [-0.25, -0.2) is 9.59 Å². The summed E-state index contributed by atoms with van der Waals surface area (Å²) in [4.78, 5) is 47.3. The first-order chi connectivity index (χ1) is 19.4. The van der Waals surface area contributed by atoms with Crippen molar-refractivity contribution in [3.05, 3.63) is 69.8 Å². The Morgan fingerprint density at radius 1 is 0.707 bits per heavy atom. The molecular weight excluding hydrogens is 584 g/mol. The van der Waals surface area contributed by atoms with Gasteiger partial charge in [0.15, 0.2) is 0 Å². The van der Waals surface area contributed by atoms with Crippen LogP contribution in [-0.2, 0) is 29.9 Å². The summed E-state index contributed by atoms with van der Waals surface area (Å²) < 4.78 is 10.1. The minimum Gasteiger partial charge on any atom is -0.462 e. The van der Waals surface area contributed by atoms with Crippen molar-refractivity contribution >= 4 is 39.4 Å². The Morgan fingerprint density at radius 3 is 1.44 bits per heavy atom.